The van der Waals surface area contributed by atoms with Crippen LogP contribution in [0.2, 0.25) is 0 Å². The number of benzene rings is 1. The lowest BCUT2D eigenvalue weighted by molar-refractivity contribution is -0.132. The van der Waals surface area contributed by atoms with Crippen molar-refractivity contribution in [1.82, 2.24) is 9.80 Å². The van der Waals surface area contributed by atoms with E-state index in [0.717, 1.165) is 51.0 Å². The number of amides is 1. The van der Waals surface area contributed by atoms with Crippen LogP contribution in [-0.4, -0.2) is 73.4 Å². The summed E-state index contributed by atoms with van der Waals surface area (Å²) in [5.41, 5.74) is 0.927. The molecule has 2 fully saturated rings. The van der Waals surface area contributed by atoms with Gasteiger partial charge in [-0.2, -0.15) is 0 Å². The molecule has 25 heavy (non-hydrogen) atoms. The van der Waals surface area contributed by atoms with Crippen LogP contribution < -0.4 is 9.47 Å². The van der Waals surface area contributed by atoms with Crippen LogP contribution in [0, 0.1) is 0 Å². The first-order valence-corrected chi connectivity index (χ1v) is 9.03. The van der Waals surface area contributed by atoms with Gasteiger partial charge in [0.2, 0.25) is 5.91 Å². The van der Waals surface area contributed by atoms with E-state index in [0.29, 0.717) is 17.9 Å². The minimum Gasteiger partial charge on any atom is -0.493 e. The lowest BCUT2D eigenvalue weighted by atomic mass is 10.1. The molecule has 1 aliphatic carbocycles. The first kappa shape index (κ1) is 18.0. The molecule has 6 nitrogen and oxygen atoms in total. The van der Waals surface area contributed by atoms with Crippen LogP contribution in [-0.2, 0) is 11.2 Å². The summed E-state index contributed by atoms with van der Waals surface area (Å²) in [5, 5.41) is 10.1. The van der Waals surface area contributed by atoms with E-state index in [1.54, 1.807) is 14.2 Å². The molecule has 1 aromatic rings. The van der Waals surface area contributed by atoms with Crippen molar-refractivity contribution >= 4 is 5.91 Å². The maximum absolute atomic E-state index is 12.6. The second kappa shape index (κ2) is 8.06. The van der Waals surface area contributed by atoms with E-state index in [2.05, 4.69) is 4.90 Å². The topological polar surface area (TPSA) is 62.2 Å². The second-order valence-electron chi connectivity index (χ2n) is 6.85. The number of ether oxygens (including phenoxy) is 2. The Bertz CT molecular complexity index is 599. The van der Waals surface area contributed by atoms with E-state index in [4.69, 9.17) is 9.47 Å². The molecule has 0 unspecified atom stereocenters. The van der Waals surface area contributed by atoms with Crippen molar-refractivity contribution in [3.05, 3.63) is 23.8 Å². The summed E-state index contributed by atoms with van der Waals surface area (Å²) in [6.45, 7) is 3.16. The van der Waals surface area contributed by atoms with Gasteiger partial charge in [-0.15, -0.1) is 0 Å². The molecule has 1 heterocycles. The predicted octanol–water partition coefficient (Wildman–Crippen LogP) is 1.30. The molecular weight excluding hydrogens is 320 g/mol. The Morgan fingerprint density at radius 1 is 1.12 bits per heavy atom. The second-order valence-corrected chi connectivity index (χ2v) is 6.85. The zero-order valence-electron chi connectivity index (χ0n) is 15.1. The number of methoxy groups -OCH3 is 2. The van der Waals surface area contributed by atoms with Gasteiger partial charge in [0, 0.05) is 32.2 Å². The molecule has 0 spiro atoms. The zero-order chi connectivity index (χ0) is 17.8. The van der Waals surface area contributed by atoms with Crippen LogP contribution in [0.4, 0.5) is 0 Å². The lowest BCUT2D eigenvalue weighted by Gasteiger charge is -2.39. The van der Waals surface area contributed by atoms with Gasteiger partial charge in [-0.25, -0.2) is 0 Å². The van der Waals surface area contributed by atoms with E-state index in [1.807, 2.05) is 23.1 Å². The van der Waals surface area contributed by atoms with Gasteiger partial charge < -0.3 is 19.5 Å². The fourth-order valence-electron chi connectivity index (χ4n) is 3.93. The highest BCUT2D eigenvalue weighted by atomic mass is 16.5. The van der Waals surface area contributed by atoms with Crippen LogP contribution in [0.3, 0.4) is 0 Å². The first-order chi connectivity index (χ1) is 12.1. The number of hydrogen-bond acceptors (Lipinski definition) is 5. The Balaban J connectivity index is 1.54. The maximum Gasteiger partial charge on any atom is 0.227 e. The number of hydrogen-bond donors (Lipinski definition) is 1. The van der Waals surface area contributed by atoms with Gasteiger partial charge in [0.25, 0.3) is 0 Å². The van der Waals surface area contributed by atoms with Crippen molar-refractivity contribution in [2.45, 2.75) is 37.8 Å². The molecule has 2 atom stereocenters. The Kier molecular flexibility index (Phi) is 5.81. The number of nitrogens with zero attached hydrogens (tertiary/aromatic N) is 2. The summed E-state index contributed by atoms with van der Waals surface area (Å²) in [6.07, 6.45) is 3.25. The lowest BCUT2D eigenvalue weighted by Crippen LogP contribution is -2.53. The Morgan fingerprint density at radius 2 is 1.84 bits per heavy atom. The molecule has 0 bridgehead atoms. The smallest absolute Gasteiger partial charge is 0.227 e. The highest BCUT2D eigenvalue weighted by Crippen LogP contribution is 2.28. The molecule has 1 N–H and O–H groups in total. The standard InChI is InChI=1S/C19H28N2O4/c1-24-17-7-6-14(12-18(17)25-2)13-19(23)21-10-8-20(9-11-21)15-4-3-5-16(15)22/h6-7,12,15-16,22H,3-5,8-11,13H2,1-2H3/t15-,16+/m0/s1. The van der Waals surface area contributed by atoms with Gasteiger partial charge in [0.05, 0.1) is 26.7 Å². The molecular formula is C19H28N2O4. The summed E-state index contributed by atoms with van der Waals surface area (Å²) >= 11 is 0. The summed E-state index contributed by atoms with van der Waals surface area (Å²) in [4.78, 5) is 16.9. The van der Waals surface area contributed by atoms with E-state index >= 15 is 0 Å². The fraction of sp³-hybridized carbons (Fsp3) is 0.632. The largest absolute Gasteiger partial charge is 0.493 e. The van der Waals surface area contributed by atoms with E-state index in [1.165, 1.54) is 0 Å². The molecule has 1 saturated carbocycles. The summed E-state index contributed by atoms with van der Waals surface area (Å²) in [6, 6.07) is 5.88. The van der Waals surface area contributed by atoms with Crippen LogP contribution in [0.15, 0.2) is 18.2 Å². The van der Waals surface area contributed by atoms with Crippen molar-refractivity contribution in [3.8, 4) is 11.5 Å². The number of rotatable bonds is 5. The monoisotopic (exact) mass is 348 g/mol. The Morgan fingerprint density at radius 3 is 2.44 bits per heavy atom. The normalized spacial score (nSPS) is 24.4. The third-order valence-corrected chi connectivity index (χ3v) is 5.38. The molecule has 0 aromatic heterocycles. The molecule has 1 aliphatic heterocycles. The van der Waals surface area contributed by atoms with Crippen molar-refractivity contribution in [1.29, 1.82) is 0 Å². The molecule has 2 aliphatic rings. The quantitative estimate of drug-likeness (QED) is 0.869. The molecule has 3 rings (SSSR count). The van der Waals surface area contributed by atoms with Gasteiger partial charge in [0.15, 0.2) is 11.5 Å². The number of piperazine rings is 1. The molecule has 138 valence electrons. The van der Waals surface area contributed by atoms with Crippen molar-refractivity contribution in [2.24, 2.45) is 0 Å². The summed E-state index contributed by atoms with van der Waals surface area (Å²) in [5.74, 6) is 1.45. The molecule has 6 heteroatoms. The maximum atomic E-state index is 12.6. The fourth-order valence-corrected chi connectivity index (χ4v) is 3.93. The summed E-state index contributed by atoms with van der Waals surface area (Å²) in [7, 11) is 3.20. The molecule has 0 radical (unpaired) electrons. The van der Waals surface area contributed by atoms with Crippen LogP contribution >= 0.6 is 0 Å². The third-order valence-electron chi connectivity index (χ3n) is 5.38. The van der Waals surface area contributed by atoms with Gasteiger partial charge in [-0.3, -0.25) is 9.69 Å². The average molecular weight is 348 g/mol. The minimum atomic E-state index is -0.200. The van der Waals surface area contributed by atoms with Gasteiger partial charge in [-0.1, -0.05) is 6.07 Å². The molecule has 1 saturated heterocycles. The van der Waals surface area contributed by atoms with Crippen molar-refractivity contribution < 1.29 is 19.4 Å². The van der Waals surface area contributed by atoms with Crippen molar-refractivity contribution in [2.75, 3.05) is 40.4 Å². The van der Waals surface area contributed by atoms with Gasteiger partial charge >= 0.3 is 0 Å². The van der Waals surface area contributed by atoms with E-state index in [-0.39, 0.29) is 18.1 Å². The van der Waals surface area contributed by atoms with E-state index < -0.39 is 0 Å². The minimum absolute atomic E-state index is 0.138. The van der Waals surface area contributed by atoms with Gasteiger partial charge in [0.1, 0.15) is 0 Å². The average Bonchev–Trinajstić information content (AvgIpc) is 3.07. The van der Waals surface area contributed by atoms with Crippen molar-refractivity contribution in [3.63, 3.8) is 0 Å². The number of aliphatic hydroxyl groups is 1. The zero-order valence-corrected chi connectivity index (χ0v) is 15.1. The Hall–Kier alpha value is -1.79. The number of carbonyl (C=O) groups is 1. The summed E-state index contributed by atoms with van der Waals surface area (Å²) < 4.78 is 10.5. The predicted molar refractivity (Wildman–Crippen MR) is 95.0 cm³/mol. The number of aliphatic hydroxyl groups excluding tert-OH is 1. The highest BCUT2D eigenvalue weighted by molar-refractivity contribution is 5.79. The highest BCUT2D eigenvalue weighted by Gasteiger charge is 2.33. The van der Waals surface area contributed by atoms with E-state index in [9.17, 15) is 9.90 Å². The van der Waals surface area contributed by atoms with Crippen LogP contribution in [0.5, 0.6) is 11.5 Å². The molecule has 1 amide bonds. The van der Waals surface area contributed by atoms with Crippen LogP contribution in [0.25, 0.3) is 0 Å². The molecule has 1 aromatic carbocycles. The third kappa shape index (κ3) is 4.07. The first-order valence-electron chi connectivity index (χ1n) is 9.03. The number of carbonyl (C=O) groups excluding carboxylic acids is 1. The van der Waals surface area contributed by atoms with Crippen LogP contribution in [0.1, 0.15) is 24.8 Å². The van der Waals surface area contributed by atoms with Gasteiger partial charge in [-0.05, 0) is 37.0 Å². The Labute approximate surface area is 149 Å². The SMILES string of the molecule is COc1ccc(CC(=O)N2CCN([C@H]3CCC[C@H]3O)CC2)cc1OC.